The zero-order valence-electron chi connectivity index (χ0n) is 12.9. The first-order valence-corrected chi connectivity index (χ1v) is 7.31. The molecule has 0 bridgehead atoms. The van der Waals surface area contributed by atoms with Crippen LogP contribution in [0.4, 0.5) is 0 Å². The van der Waals surface area contributed by atoms with E-state index < -0.39 is 11.4 Å². The van der Waals surface area contributed by atoms with Gasteiger partial charge in [-0.1, -0.05) is 30.8 Å². The molecule has 0 spiro atoms. The van der Waals surface area contributed by atoms with Gasteiger partial charge in [0, 0.05) is 38.4 Å². The molecule has 1 aromatic carbocycles. The van der Waals surface area contributed by atoms with Crippen LogP contribution in [-0.2, 0) is 19.0 Å². The third-order valence-corrected chi connectivity index (χ3v) is 5.45. The molecular weight excluding hydrogens is 280 g/mol. The number of Topliss-reactive ketones (excluding diaryl/α,β-unsaturated/α-hetero) is 1. The Bertz CT molecular complexity index is 741. The maximum absolute atomic E-state index is 12.8. The van der Waals surface area contributed by atoms with Gasteiger partial charge in [0.15, 0.2) is 0 Å². The van der Waals surface area contributed by atoms with Gasteiger partial charge in [-0.25, -0.2) is 0 Å². The number of rotatable bonds is 3. The molecule has 2 unspecified atom stereocenters. The van der Waals surface area contributed by atoms with E-state index in [1.807, 2.05) is 18.2 Å². The molecule has 4 rings (SSSR count). The first-order chi connectivity index (χ1) is 10.6. The Labute approximate surface area is 129 Å². The van der Waals surface area contributed by atoms with Crippen LogP contribution in [0.2, 0.25) is 0 Å². The van der Waals surface area contributed by atoms with Crippen LogP contribution in [0, 0.1) is 0 Å². The summed E-state index contributed by atoms with van der Waals surface area (Å²) in [4.78, 5) is 12.8. The van der Waals surface area contributed by atoms with E-state index in [4.69, 9.17) is 14.2 Å². The van der Waals surface area contributed by atoms with Crippen LogP contribution in [0.25, 0.3) is 5.57 Å². The molecule has 0 aromatic heterocycles. The van der Waals surface area contributed by atoms with Gasteiger partial charge in [-0.2, -0.15) is 0 Å². The van der Waals surface area contributed by atoms with Crippen molar-refractivity contribution in [2.45, 2.75) is 23.7 Å². The predicted octanol–water partition coefficient (Wildman–Crippen LogP) is 2.45. The Morgan fingerprint density at radius 1 is 1.14 bits per heavy atom. The number of methoxy groups -OCH3 is 3. The lowest BCUT2D eigenvalue weighted by Gasteiger charge is -2.61. The summed E-state index contributed by atoms with van der Waals surface area (Å²) in [6, 6.07) is 7.99. The van der Waals surface area contributed by atoms with Crippen LogP contribution in [0.3, 0.4) is 0 Å². The van der Waals surface area contributed by atoms with Crippen molar-refractivity contribution in [3.8, 4) is 0 Å². The smallest absolute Gasteiger partial charge is 0.260 e. The second-order valence-electron chi connectivity index (χ2n) is 5.99. The fourth-order valence-electron chi connectivity index (χ4n) is 4.41. The van der Waals surface area contributed by atoms with Crippen molar-refractivity contribution in [1.82, 2.24) is 0 Å². The molecule has 0 heterocycles. The number of carbonyl (C=O) groups excluding carboxylic acids is 1. The Hall–Kier alpha value is -1.75. The molecule has 4 heteroatoms. The summed E-state index contributed by atoms with van der Waals surface area (Å²) in [7, 11) is 4.64. The fourth-order valence-corrected chi connectivity index (χ4v) is 4.41. The van der Waals surface area contributed by atoms with Crippen molar-refractivity contribution in [2.75, 3.05) is 21.3 Å². The Kier molecular flexibility index (Phi) is 2.63. The van der Waals surface area contributed by atoms with Gasteiger partial charge >= 0.3 is 0 Å². The minimum atomic E-state index is -1.35. The standard InChI is InChI=1S/C18H18O4/c1-10-9-13-11-7-5-6-8-12(11)14-15(17(10,13)20-2)18(21-3,22-4)16(14)19/h5-8,13H,1,9H2,2-4H3. The predicted molar refractivity (Wildman–Crippen MR) is 81.4 cm³/mol. The number of ketones is 1. The summed E-state index contributed by atoms with van der Waals surface area (Å²) >= 11 is 0. The van der Waals surface area contributed by atoms with Gasteiger partial charge in [-0.3, -0.25) is 4.79 Å². The first kappa shape index (κ1) is 13.9. The maximum Gasteiger partial charge on any atom is 0.260 e. The molecule has 22 heavy (non-hydrogen) atoms. The van der Waals surface area contributed by atoms with E-state index in [-0.39, 0.29) is 11.7 Å². The van der Waals surface area contributed by atoms with Gasteiger partial charge in [0.25, 0.3) is 5.79 Å². The van der Waals surface area contributed by atoms with E-state index in [9.17, 15) is 4.79 Å². The van der Waals surface area contributed by atoms with E-state index in [0.29, 0.717) is 5.57 Å². The van der Waals surface area contributed by atoms with Crippen molar-refractivity contribution in [3.63, 3.8) is 0 Å². The van der Waals surface area contributed by atoms with Crippen molar-refractivity contribution in [2.24, 2.45) is 0 Å². The van der Waals surface area contributed by atoms with Gasteiger partial charge in [-0.05, 0) is 23.1 Å². The highest BCUT2D eigenvalue weighted by molar-refractivity contribution is 6.35. The number of fused-ring (bicyclic) bond motifs is 5. The van der Waals surface area contributed by atoms with Crippen molar-refractivity contribution < 1.29 is 19.0 Å². The second-order valence-corrected chi connectivity index (χ2v) is 5.99. The summed E-state index contributed by atoms with van der Waals surface area (Å²) < 4.78 is 16.9. The summed E-state index contributed by atoms with van der Waals surface area (Å²) in [6.07, 6.45) is 0.847. The fraction of sp³-hybridized carbons (Fsp3) is 0.389. The van der Waals surface area contributed by atoms with E-state index in [1.54, 1.807) is 7.11 Å². The quantitative estimate of drug-likeness (QED) is 0.635. The number of carbonyl (C=O) groups is 1. The molecule has 3 aliphatic carbocycles. The van der Waals surface area contributed by atoms with Crippen LogP contribution in [-0.4, -0.2) is 38.5 Å². The molecule has 0 amide bonds. The van der Waals surface area contributed by atoms with Crippen LogP contribution in [0.1, 0.15) is 23.5 Å². The van der Waals surface area contributed by atoms with Gasteiger partial charge in [-0.15, -0.1) is 0 Å². The number of hydrogen-bond donors (Lipinski definition) is 0. The van der Waals surface area contributed by atoms with E-state index in [0.717, 1.165) is 28.7 Å². The Morgan fingerprint density at radius 2 is 1.82 bits per heavy atom. The molecule has 114 valence electrons. The summed E-state index contributed by atoms with van der Waals surface area (Å²) in [6.45, 7) is 4.16. The van der Waals surface area contributed by atoms with Crippen LogP contribution >= 0.6 is 0 Å². The Morgan fingerprint density at radius 3 is 2.41 bits per heavy atom. The van der Waals surface area contributed by atoms with Crippen LogP contribution < -0.4 is 0 Å². The monoisotopic (exact) mass is 298 g/mol. The lowest BCUT2D eigenvalue weighted by atomic mass is 9.49. The van der Waals surface area contributed by atoms with Crippen LogP contribution in [0.5, 0.6) is 0 Å². The lowest BCUT2D eigenvalue weighted by Crippen LogP contribution is -2.67. The highest BCUT2D eigenvalue weighted by Crippen LogP contribution is 2.67. The van der Waals surface area contributed by atoms with E-state index in [1.165, 1.54) is 14.2 Å². The average Bonchev–Trinajstić information content (AvgIpc) is 2.54. The van der Waals surface area contributed by atoms with E-state index >= 15 is 0 Å². The highest BCUT2D eigenvalue weighted by Gasteiger charge is 2.71. The zero-order valence-corrected chi connectivity index (χ0v) is 12.9. The molecular formula is C18H18O4. The molecule has 0 saturated heterocycles. The molecule has 3 aliphatic rings. The number of hydrogen-bond acceptors (Lipinski definition) is 4. The van der Waals surface area contributed by atoms with Gasteiger partial charge in [0.1, 0.15) is 5.60 Å². The van der Waals surface area contributed by atoms with Gasteiger partial charge in [0.2, 0.25) is 5.78 Å². The molecule has 0 radical (unpaired) electrons. The summed E-state index contributed by atoms with van der Waals surface area (Å²) in [5.74, 6) is -1.34. The third-order valence-electron chi connectivity index (χ3n) is 5.45. The van der Waals surface area contributed by atoms with Gasteiger partial charge < -0.3 is 14.2 Å². The SMILES string of the molecule is C=C1CC2c3ccccc3C3=C(C(OC)(OC)C3=O)C12OC. The Balaban J connectivity index is 2.06. The normalized spacial score (nSPS) is 31.0. The second kappa shape index (κ2) is 4.16. The van der Waals surface area contributed by atoms with Crippen LogP contribution in [0.15, 0.2) is 42.0 Å². The summed E-state index contributed by atoms with van der Waals surface area (Å²) in [5, 5.41) is 0. The molecule has 0 N–H and O–H groups in total. The zero-order chi connectivity index (χ0) is 15.7. The van der Waals surface area contributed by atoms with Crippen molar-refractivity contribution in [1.29, 1.82) is 0 Å². The van der Waals surface area contributed by atoms with E-state index in [2.05, 4.69) is 12.6 Å². The minimum Gasteiger partial charge on any atom is -0.369 e. The average molecular weight is 298 g/mol. The largest absolute Gasteiger partial charge is 0.369 e. The molecule has 2 atom stereocenters. The maximum atomic E-state index is 12.8. The molecule has 0 aliphatic heterocycles. The highest BCUT2D eigenvalue weighted by atomic mass is 16.7. The first-order valence-electron chi connectivity index (χ1n) is 7.31. The molecule has 4 nitrogen and oxygen atoms in total. The number of benzene rings is 1. The van der Waals surface area contributed by atoms with Gasteiger partial charge in [0.05, 0.1) is 0 Å². The number of ether oxygens (including phenoxy) is 3. The molecule has 1 aromatic rings. The summed E-state index contributed by atoms with van der Waals surface area (Å²) in [5.41, 5.74) is 3.83. The molecule has 1 fully saturated rings. The molecule has 1 saturated carbocycles. The third kappa shape index (κ3) is 1.17. The topological polar surface area (TPSA) is 44.8 Å². The minimum absolute atomic E-state index is 0.144. The lowest BCUT2D eigenvalue weighted by molar-refractivity contribution is -0.206. The van der Waals surface area contributed by atoms with Crippen molar-refractivity contribution >= 4 is 11.4 Å². The van der Waals surface area contributed by atoms with Crippen molar-refractivity contribution in [3.05, 3.63) is 53.1 Å².